The second-order valence-corrected chi connectivity index (χ2v) is 4.78. The average molecular weight is 276 g/mol. The van der Waals surface area contributed by atoms with Crippen LogP contribution in [0.15, 0.2) is 60.8 Å². The molecule has 0 spiro atoms. The molecule has 102 valence electrons. The molecule has 2 aromatic carbocycles. The summed E-state index contributed by atoms with van der Waals surface area (Å²) in [6.45, 7) is 0. The van der Waals surface area contributed by atoms with E-state index < -0.39 is 0 Å². The molecule has 1 aliphatic rings. The van der Waals surface area contributed by atoms with Crippen LogP contribution in [0.4, 0.5) is 17.2 Å². The number of hydrogen-bond donors (Lipinski definition) is 2. The fourth-order valence-corrected chi connectivity index (χ4v) is 2.42. The van der Waals surface area contributed by atoms with Crippen LogP contribution < -0.4 is 10.6 Å². The van der Waals surface area contributed by atoms with Gasteiger partial charge in [0.25, 0.3) is 5.91 Å². The standard InChI is InChI=1S/C16H12N4O/c21-16-12-10-17-20(11-6-2-1-3-7-11)15(12)18-13-8-4-5-9-14(13)19-16/h1-10,18H,(H,19,21). The Labute approximate surface area is 121 Å². The van der Waals surface area contributed by atoms with Crippen molar-refractivity contribution < 1.29 is 4.79 Å². The molecule has 5 nitrogen and oxygen atoms in total. The minimum Gasteiger partial charge on any atom is -0.338 e. The van der Waals surface area contributed by atoms with E-state index in [0.717, 1.165) is 17.1 Å². The lowest BCUT2D eigenvalue weighted by Crippen LogP contribution is -2.09. The van der Waals surface area contributed by atoms with E-state index in [4.69, 9.17) is 0 Å². The third-order valence-electron chi connectivity index (χ3n) is 3.44. The van der Waals surface area contributed by atoms with Gasteiger partial charge in [0, 0.05) is 0 Å². The topological polar surface area (TPSA) is 59.0 Å². The van der Waals surface area contributed by atoms with Crippen molar-refractivity contribution in [1.29, 1.82) is 0 Å². The first-order chi connectivity index (χ1) is 10.3. The minimum atomic E-state index is -0.162. The van der Waals surface area contributed by atoms with E-state index in [1.807, 2.05) is 54.6 Å². The van der Waals surface area contributed by atoms with Crippen molar-refractivity contribution in [3.05, 3.63) is 66.4 Å². The SMILES string of the molecule is O=C1Nc2ccccc2Nc2c1cnn2-c1ccccc1. The highest BCUT2D eigenvalue weighted by Crippen LogP contribution is 2.32. The monoisotopic (exact) mass is 276 g/mol. The van der Waals surface area contributed by atoms with Gasteiger partial charge in [-0.05, 0) is 24.3 Å². The Morgan fingerprint density at radius 1 is 0.857 bits per heavy atom. The number of para-hydroxylation sites is 3. The molecule has 1 aliphatic heterocycles. The largest absolute Gasteiger partial charge is 0.338 e. The van der Waals surface area contributed by atoms with Gasteiger partial charge in [0.15, 0.2) is 0 Å². The summed E-state index contributed by atoms with van der Waals surface area (Å²) in [5, 5.41) is 10.5. The second kappa shape index (κ2) is 4.49. The van der Waals surface area contributed by atoms with Crippen molar-refractivity contribution in [3.63, 3.8) is 0 Å². The van der Waals surface area contributed by atoms with E-state index in [1.54, 1.807) is 10.9 Å². The summed E-state index contributed by atoms with van der Waals surface area (Å²) in [6.07, 6.45) is 1.58. The molecule has 0 radical (unpaired) electrons. The third-order valence-corrected chi connectivity index (χ3v) is 3.44. The van der Waals surface area contributed by atoms with Gasteiger partial charge in [-0.1, -0.05) is 30.3 Å². The van der Waals surface area contributed by atoms with Crippen molar-refractivity contribution >= 4 is 23.1 Å². The van der Waals surface area contributed by atoms with Crippen LogP contribution in [0, 0.1) is 0 Å². The number of nitrogens with one attached hydrogen (secondary N) is 2. The van der Waals surface area contributed by atoms with Crippen LogP contribution in [0.25, 0.3) is 5.69 Å². The van der Waals surface area contributed by atoms with Crippen LogP contribution in [-0.4, -0.2) is 15.7 Å². The Bertz CT molecular complexity index is 823. The molecule has 0 saturated carbocycles. The van der Waals surface area contributed by atoms with E-state index in [2.05, 4.69) is 15.7 Å². The quantitative estimate of drug-likeness (QED) is 0.717. The van der Waals surface area contributed by atoms with Crippen molar-refractivity contribution in [1.82, 2.24) is 9.78 Å². The van der Waals surface area contributed by atoms with Crippen molar-refractivity contribution in [3.8, 4) is 5.69 Å². The highest BCUT2D eigenvalue weighted by atomic mass is 16.1. The van der Waals surface area contributed by atoms with Crippen molar-refractivity contribution in [2.24, 2.45) is 0 Å². The maximum absolute atomic E-state index is 12.3. The van der Waals surface area contributed by atoms with Gasteiger partial charge in [-0.2, -0.15) is 5.10 Å². The summed E-state index contributed by atoms with van der Waals surface area (Å²) in [5.41, 5.74) is 3.04. The molecule has 4 rings (SSSR count). The number of anilines is 3. The molecule has 0 aliphatic carbocycles. The normalized spacial score (nSPS) is 12.7. The number of benzene rings is 2. The number of amides is 1. The summed E-state index contributed by atoms with van der Waals surface area (Å²) in [7, 11) is 0. The van der Waals surface area contributed by atoms with Gasteiger partial charge in [0.1, 0.15) is 11.4 Å². The highest BCUT2D eigenvalue weighted by molar-refractivity contribution is 6.11. The van der Waals surface area contributed by atoms with E-state index >= 15 is 0 Å². The first-order valence-corrected chi connectivity index (χ1v) is 6.64. The summed E-state index contributed by atoms with van der Waals surface area (Å²) in [5.74, 6) is 0.508. The predicted octanol–water partition coefficient (Wildman–Crippen LogP) is 3.18. The molecule has 1 aromatic heterocycles. The molecule has 0 fully saturated rings. The van der Waals surface area contributed by atoms with Crippen molar-refractivity contribution in [2.45, 2.75) is 0 Å². The Hall–Kier alpha value is -3.08. The number of rotatable bonds is 1. The summed E-state index contributed by atoms with van der Waals surface area (Å²) < 4.78 is 1.73. The zero-order valence-electron chi connectivity index (χ0n) is 11.1. The van der Waals surface area contributed by atoms with Gasteiger partial charge in [0.2, 0.25) is 0 Å². The van der Waals surface area contributed by atoms with Crippen LogP contribution in [0.1, 0.15) is 10.4 Å². The number of fused-ring (bicyclic) bond motifs is 2. The molecular formula is C16H12N4O. The lowest BCUT2D eigenvalue weighted by molar-refractivity contribution is 0.102. The number of carbonyl (C=O) groups excluding carboxylic acids is 1. The lowest BCUT2D eigenvalue weighted by atomic mass is 10.2. The first-order valence-electron chi connectivity index (χ1n) is 6.64. The molecule has 0 bridgehead atoms. The highest BCUT2D eigenvalue weighted by Gasteiger charge is 2.23. The van der Waals surface area contributed by atoms with Crippen LogP contribution in [0.5, 0.6) is 0 Å². The summed E-state index contributed by atoms with van der Waals surface area (Å²) in [6, 6.07) is 17.3. The van der Waals surface area contributed by atoms with Gasteiger partial charge in [0.05, 0.1) is 23.3 Å². The first kappa shape index (κ1) is 11.7. The minimum absolute atomic E-state index is 0.162. The molecule has 3 aromatic rings. The molecule has 1 amide bonds. The van der Waals surface area contributed by atoms with Crippen LogP contribution in [-0.2, 0) is 0 Å². The lowest BCUT2D eigenvalue weighted by Gasteiger charge is -2.10. The fourth-order valence-electron chi connectivity index (χ4n) is 2.42. The summed E-state index contributed by atoms with van der Waals surface area (Å²) >= 11 is 0. The van der Waals surface area contributed by atoms with Crippen LogP contribution in [0.3, 0.4) is 0 Å². The summed E-state index contributed by atoms with van der Waals surface area (Å²) in [4.78, 5) is 12.3. The fraction of sp³-hybridized carbons (Fsp3) is 0. The third kappa shape index (κ3) is 1.87. The second-order valence-electron chi connectivity index (χ2n) is 4.78. The van der Waals surface area contributed by atoms with E-state index in [9.17, 15) is 4.79 Å². The van der Waals surface area contributed by atoms with E-state index in [1.165, 1.54) is 0 Å². The predicted molar refractivity (Wildman–Crippen MR) is 81.2 cm³/mol. The maximum atomic E-state index is 12.3. The van der Waals surface area contributed by atoms with Gasteiger partial charge < -0.3 is 10.6 Å². The Balaban J connectivity index is 1.90. The molecule has 2 heterocycles. The maximum Gasteiger partial charge on any atom is 0.261 e. The average Bonchev–Trinajstić information content (AvgIpc) is 2.88. The molecule has 0 atom stereocenters. The zero-order chi connectivity index (χ0) is 14.2. The van der Waals surface area contributed by atoms with E-state index in [-0.39, 0.29) is 5.91 Å². The molecule has 2 N–H and O–H groups in total. The number of aromatic nitrogens is 2. The van der Waals surface area contributed by atoms with Gasteiger partial charge in [-0.3, -0.25) is 4.79 Å². The Morgan fingerprint density at radius 2 is 1.52 bits per heavy atom. The number of carbonyl (C=O) groups is 1. The smallest absolute Gasteiger partial charge is 0.261 e. The van der Waals surface area contributed by atoms with Crippen molar-refractivity contribution in [2.75, 3.05) is 10.6 Å². The molecule has 0 saturated heterocycles. The van der Waals surface area contributed by atoms with Crippen LogP contribution >= 0.6 is 0 Å². The van der Waals surface area contributed by atoms with E-state index in [0.29, 0.717) is 11.4 Å². The van der Waals surface area contributed by atoms with Crippen LogP contribution in [0.2, 0.25) is 0 Å². The molecular weight excluding hydrogens is 264 g/mol. The molecule has 0 unspecified atom stereocenters. The Kier molecular flexibility index (Phi) is 2.50. The van der Waals surface area contributed by atoms with Gasteiger partial charge >= 0.3 is 0 Å². The molecule has 21 heavy (non-hydrogen) atoms. The zero-order valence-corrected chi connectivity index (χ0v) is 11.1. The number of hydrogen-bond acceptors (Lipinski definition) is 3. The Morgan fingerprint density at radius 3 is 2.29 bits per heavy atom. The number of nitrogens with zero attached hydrogens (tertiary/aromatic N) is 2. The van der Waals surface area contributed by atoms with Gasteiger partial charge in [-0.15, -0.1) is 0 Å². The molecule has 5 heteroatoms. The van der Waals surface area contributed by atoms with Gasteiger partial charge in [-0.25, -0.2) is 4.68 Å².